The maximum Gasteiger partial charge on any atom is 0.283 e. The molecule has 8 nitrogen and oxygen atoms in total. The second-order valence-electron chi connectivity index (χ2n) is 8.31. The van der Waals surface area contributed by atoms with E-state index < -0.39 is 5.91 Å². The van der Waals surface area contributed by atoms with Gasteiger partial charge in [0.1, 0.15) is 19.0 Å². The number of carbonyl (C=O) groups is 1. The third kappa shape index (κ3) is 5.50. The first-order valence-corrected chi connectivity index (χ1v) is 13.2. The highest BCUT2D eigenvalue weighted by atomic mass is 35.5. The van der Waals surface area contributed by atoms with Crippen molar-refractivity contribution in [1.29, 1.82) is 5.41 Å². The van der Waals surface area contributed by atoms with Crippen LogP contribution in [0.4, 0.5) is 0 Å². The van der Waals surface area contributed by atoms with Crippen LogP contribution >= 0.6 is 23.4 Å². The van der Waals surface area contributed by atoms with Gasteiger partial charge in [-0.25, -0.2) is 0 Å². The zero-order valence-corrected chi connectivity index (χ0v) is 22.7. The number of rotatable bonds is 9. The molecule has 0 atom stereocenters. The monoisotopic (exact) mass is 561 g/mol. The van der Waals surface area contributed by atoms with Gasteiger partial charge in [-0.2, -0.15) is 4.99 Å². The van der Waals surface area contributed by atoms with Gasteiger partial charge in [-0.3, -0.25) is 15.1 Å². The van der Waals surface area contributed by atoms with Crippen molar-refractivity contribution in [3.63, 3.8) is 0 Å². The Labute approximate surface area is 235 Å². The number of carbonyl (C=O) groups excluding carboxylic acids is 1. The zero-order valence-electron chi connectivity index (χ0n) is 21.1. The van der Waals surface area contributed by atoms with Gasteiger partial charge in [0.05, 0.1) is 30.5 Å². The van der Waals surface area contributed by atoms with Gasteiger partial charge in [0.25, 0.3) is 5.91 Å². The van der Waals surface area contributed by atoms with Crippen LogP contribution in [0.15, 0.2) is 82.7 Å². The van der Waals surface area contributed by atoms with Crippen LogP contribution in [-0.2, 0) is 4.79 Å². The highest BCUT2D eigenvalue weighted by Crippen LogP contribution is 2.39. The van der Waals surface area contributed by atoms with Gasteiger partial charge in [-0.1, -0.05) is 65.8 Å². The van der Waals surface area contributed by atoms with Crippen LogP contribution in [0.25, 0.3) is 11.8 Å². The van der Waals surface area contributed by atoms with E-state index in [4.69, 9.17) is 36.0 Å². The van der Waals surface area contributed by atoms with Crippen molar-refractivity contribution in [3.05, 3.63) is 93.9 Å². The van der Waals surface area contributed by atoms with Crippen LogP contribution in [0, 0.1) is 5.41 Å². The number of nitrogens with one attached hydrogen (secondary N) is 1. The van der Waals surface area contributed by atoms with Crippen molar-refractivity contribution in [3.8, 4) is 23.0 Å². The van der Waals surface area contributed by atoms with E-state index in [-0.39, 0.29) is 24.6 Å². The molecule has 198 valence electrons. The number of nitrogens with zero attached hydrogens (tertiary/aromatic N) is 2. The Hall–Kier alpha value is -4.21. The van der Waals surface area contributed by atoms with Gasteiger partial charge in [0.15, 0.2) is 28.2 Å². The second kappa shape index (κ2) is 11.7. The SMILES string of the molecule is COc1ccccc1OCCOc1c(Cl)cc(/C=C2/C(=N)N3C(c4ccccc4)=CSC3=NC2=O)cc1OC. The van der Waals surface area contributed by atoms with E-state index in [2.05, 4.69) is 4.99 Å². The van der Waals surface area contributed by atoms with Crippen LogP contribution < -0.4 is 18.9 Å². The minimum Gasteiger partial charge on any atom is -0.493 e. The summed E-state index contributed by atoms with van der Waals surface area (Å²) in [6, 6.07) is 20.4. The number of amidine groups is 2. The smallest absolute Gasteiger partial charge is 0.283 e. The molecule has 0 saturated carbocycles. The van der Waals surface area contributed by atoms with Gasteiger partial charge in [0.2, 0.25) is 0 Å². The number of ether oxygens (including phenoxy) is 4. The summed E-state index contributed by atoms with van der Waals surface area (Å²) in [4.78, 5) is 18.8. The first kappa shape index (κ1) is 26.4. The lowest BCUT2D eigenvalue weighted by molar-refractivity contribution is -0.114. The number of thioether (sulfide) groups is 1. The topological polar surface area (TPSA) is 93.4 Å². The summed E-state index contributed by atoms with van der Waals surface area (Å²) in [5.74, 6) is 1.51. The molecule has 0 aliphatic carbocycles. The highest BCUT2D eigenvalue weighted by Gasteiger charge is 2.36. The second-order valence-corrected chi connectivity index (χ2v) is 9.55. The maximum absolute atomic E-state index is 12.9. The fourth-order valence-corrected chi connectivity index (χ4v) is 5.24. The Kier molecular flexibility index (Phi) is 7.90. The summed E-state index contributed by atoms with van der Waals surface area (Å²) in [6.45, 7) is 0.458. The van der Waals surface area contributed by atoms with Crippen molar-refractivity contribution in [1.82, 2.24) is 4.90 Å². The van der Waals surface area contributed by atoms with Gasteiger partial charge >= 0.3 is 0 Å². The number of methoxy groups -OCH3 is 2. The average Bonchev–Trinajstić information content (AvgIpc) is 3.38. The fraction of sp³-hybridized carbons (Fsp3) is 0.138. The normalized spacial score (nSPS) is 15.6. The third-order valence-electron chi connectivity index (χ3n) is 5.90. The molecule has 5 rings (SSSR count). The Morgan fingerprint density at radius 1 is 0.949 bits per heavy atom. The van der Waals surface area contributed by atoms with E-state index in [1.165, 1.54) is 18.9 Å². The van der Waals surface area contributed by atoms with E-state index in [1.807, 2.05) is 60.0 Å². The number of hydrogen-bond donors (Lipinski definition) is 1. The molecule has 1 amide bonds. The Morgan fingerprint density at radius 3 is 2.38 bits per heavy atom. The van der Waals surface area contributed by atoms with Gasteiger partial charge in [-0.05, 0) is 41.5 Å². The van der Waals surface area contributed by atoms with Crippen LogP contribution in [-0.4, -0.2) is 49.2 Å². The molecule has 3 aromatic carbocycles. The fourth-order valence-electron chi connectivity index (χ4n) is 4.08. The molecule has 3 aromatic rings. The van der Waals surface area contributed by atoms with Crippen LogP contribution in [0.5, 0.6) is 23.0 Å². The minimum atomic E-state index is -0.495. The predicted octanol–water partition coefficient (Wildman–Crippen LogP) is 6.12. The van der Waals surface area contributed by atoms with E-state index in [0.29, 0.717) is 38.8 Å². The first-order valence-electron chi connectivity index (χ1n) is 11.9. The maximum atomic E-state index is 12.9. The summed E-state index contributed by atoms with van der Waals surface area (Å²) in [5, 5.41) is 11.5. The molecule has 2 aliphatic heterocycles. The molecule has 0 unspecified atom stereocenters. The molecule has 0 bridgehead atoms. The van der Waals surface area contributed by atoms with Gasteiger partial charge in [-0.15, -0.1) is 0 Å². The van der Waals surface area contributed by atoms with E-state index >= 15 is 0 Å². The molecular formula is C29H24ClN3O5S. The standard InChI is InChI=1S/C29H24ClN3O5S/c1-35-23-10-6-7-11-24(23)37-12-13-38-26-21(30)15-18(16-25(26)36-2)14-20-27(31)33-22(19-8-4-3-5-9-19)17-39-29(33)32-28(20)34/h3-11,14-17,31H,12-13H2,1-2H3/b20-14-,31-27?. The Balaban J connectivity index is 1.34. The molecule has 1 N–H and O–H groups in total. The third-order valence-corrected chi connectivity index (χ3v) is 7.01. The lowest BCUT2D eigenvalue weighted by Crippen LogP contribution is -2.38. The highest BCUT2D eigenvalue weighted by molar-refractivity contribution is 8.17. The molecule has 0 saturated heterocycles. The van der Waals surface area contributed by atoms with Crippen molar-refractivity contribution >= 4 is 52.0 Å². The molecule has 0 radical (unpaired) electrons. The quantitative estimate of drug-likeness (QED) is 0.248. The summed E-state index contributed by atoms with van der Waals surface area (Å²) >= 11 is 7.87. The molecule has 39 heavy (non-hydrogen) atoms. The number of halogens is 1. The molecule has 0 aromatic heterocycles. The molecule has 2 heterocycles. The number of hydrogen-bond acceptors (Lipinski definition) is 7. The Morgan fingerprint density at radius 2 is 1.64 bits per heavy atom. The van der Waals surface area contributed by atoms with E-state index in [0.717, 1.165) is 11.3 Å². The summed E-state index contributed by atoms with van der Waals surface area (Å²) in [6.07, 6.45) is 1.58. The number of amides is 1. The summed E-state index contributed by atoms with van der Waals surface area (Å²) in [5.41, 5.74) is 2.42. The predicted molar refractivity (Wildman–Crippen MR) is 154 cm³/mol. The van der Waals surface area contributed by atoms with Crippen molar-refractivity contribution in [2.24, 2.45) is 4.99 Å². The van der Waals surface area contributed by atoms with Crippen LogP contribution in [0.1, 0.15) is 11.1 Å². The lowest BCUT2D eigenvalue weighted by atomic mass is 10.1. The largest absolute Gasteiger partial charge is 0.493 e. The van der Waals surface area contributed by atoms with Crippen LogP contribution in [0.3, 0.4) is 0 Å². The van der Waals surface area contributed by atoms with Crippen LogP contribution in [0.2, 0.25) is 5.02 Å². The number of benzene rings is 3. The van der Waals surface area contributed by atoms with E-state index in [9.17, 15) is 4.79 Å². The molecule has 0 spiro atoms. The van der Waals surface area contributed by atoms with E-state index in [1.54, 1.807) is 30.2 Å². The van der Waals surface area contributed by atoms with Gasteiger partial charge < -0.3 is 18.9 Å². The molecule has 2 aliphatic rings. The first-order chi connectivity index (χ1) is 19.0. The van der Waals surface area contributed by atoms with Crippen molar-refractivity contribution in [2.75, 3.05) is 27.4 Å². The lowest BCUT2D eigenvalue weighted by Gasteiger charge is -2.27. The average molecular weight is 562 g/mol. The van der Waals surface area contributed by atoms with Crippen molar-refractivity contribution < 1.29 is 23.7 Å². The minimum absolute atomic E-state index is 0.0361. The summed E-state index contributed by atoms with van der Waals surface area (Å²) in [7, 11) is 3.08. The van der Waals surface area contributed by atoms with Gasteiger partial charge in [0, 0.05) is 5.41 Å². The summed E-state index contributed by atoms with van der Waals surface area (Å²) < 4.78 is 22.4. The van der Waals surface area contributed by atoms with Crippen molar-refractivity contribution in [2.45, 2.75) is 0 Å². The molecule has 10 heteroatoms. The molecular weight excluding hydrogens is 538 g/mol. The number of para-hydroxylation sites is 2. The Bertz CT molecular complexity index is 1520. The number of aliphatic imine (C=N–C) groups is 1. The zero-order chi connectivity index (χ0) is 27.4. The molecule has 0 fully saturated rings. The number of fused-ring (bicyclic) bond motifs is 1.